The number of hydrogen-bond acceptors (Lipinski definition) is 1. The molecule has 3 heteroatoms. The minimum Gasteiger partial charge on any atom is -0.454 e. The van der Waals surface area contributed by atoms with Crippen LogP contribution in [0.4, 0.5) is 0 Å². The van der Waals surface area contributed by atoms with Crippen molar-refractivity contribution in [2.75, 3.05) is 0 Å². The number of para-hydroxylation sites is 3. The van der Waals surface area contributed by atoms with Crippen molar-refractivity contribution in [1.29, 1.82) is 0 Å². The van der Waals surface area contributed by atoms with Gasteiger partial charge < -0.3 is 8.98 Å². The predicted octanol–water partition coefficient (Wildman–Crippen LogP) is 14.0. The summed E-state index contributed by atoms with van der Waals surface area (Å²) in [7, 11) is -2.62. The minimum atomic E-state index is -2.62. The van der Waals surface area contributed by atoms with Gasteiger partial charge in [0, 0.05) is 21.5 Å². The number of hydrogen-bond donors (Lipinski definition) is 0. The van der Waals surface area contributed by atoms with Crippen LogP contribution in [0.2, 0.25) is 0 Å². The Hall–Kier alpha value is -7.72. The third-order valence-corrected chi connectivity index (χ3v) is 18.0. The third kappa shape index (κ3) is 6.07. The molecule has 63 heavy (non-hydrogen) atoms. The largest absolute Gasteiger partial charge is 0.454 e. The van der Waals surface area contributed by atoms with Gasteiger partial charge >= 0.3 is 0 Å². The molecular formula is C60H43NOSi. The van der Waals surface area contributed by atoms with Gasteiger partial charge in [0.1, 0.15) is 5.58 Å². The molecular weight excluding hydrogens is 779 g/mol. The molecule has 0 radical (unpaired) electrons. The van der Waals surface area contributed by atoms with Crippen LogP contribution in [-0.4, -0.2) is 12.6 Å². The fraction of sp³-hybridized carbons (Fsp3) is 0.0333. The second-order valence-electron chi connectivity index (χ2n) is 16.7. The van der Waals surface area contributed by atoms with E-state index in [1.807, 2.05) is 0 Å². The fourth-order valence-corrected chi connectivity index (χ4v) is 15.3. The Labute approximate surface area is 368 Å². The summed E-state index contributed by atoms with van der Waals surface area (Å²) in [5.74, 6) is 0. The first kappa shape index (κ1) is 37.1. The first-order valence-corrected chi connectivity index (χ1v) is 24.0. The Morgan fingerprint density at radius 1 is 0.413 bits per heavy atom. The smallest absolute Gasteiger partial charge is 0.179 e. The van der Waals surface area contributed by atoms with Gasteiger partial charge in [0.25, 0.3) is 0 Å². The maximum absolute atomic E-state index is 6.85. The van der Waals surface area contributed by atoms with Gasteiger partial charge in [-0.05, 0) is 103 Å². The highest BCUT2D eigenvalue weighted by atomic mass is 28.3. The lowest BCUT2D eigenvalue weighted by atomic mass is 9.94. The fourth-order valence-electron chi connectivity index (χ4n) is 10.4. The molecule has 0 N–H and O–H groups in total. The Balaban J connectivity index is 0.960. The zero-order valence-corrected chi connectivity index (χ0v) is 35.8. The maximum atomic E-state index is 6.85. The van der Waals surface area contributed by atoms with Crippen molar-refractivity contribution < 1.29 is 4.42 Å². The second kappa shape index (κ2) is 15.3. The number of benzene rings is 9. The molecule has 0 saturated carbocycles. The lowest BCUT2D eigenvalue weighted by molar-refractivity contribution is 0.666. The Morgan fingerprint density at radius 3 is 1.59 bits per heavy atom. The van der Waals surface area contributed by atoms with E-state index < -0.39 is 8.07 Å². The van der Waals surface area contributed by atoms with Gasteiger partial charge in [-0.25, -0.2) is 0 Å². The molecule has 1 aliphatic rings. The van der Waals surface area contributed by atoms with Crippen LogP contribution in [0.25, 0.3) is 82.8 Å². The Morgan fingerprint density at radius 2 is 0.937 bits per heavy atom. The van der Waals surface area contributed by atoms with Crippen molar-refractivity contribution in [2.45, 2.75) is 12.8 Å². The molecule has 0 spiro atoms. The van der Waals surface area contributed by atoms with Crippen LogP contribution in [0, 0.1) is 0 Å². The van der Waals surface area contributed by atoms with E-state index in [-0.39, 0.29) is 0 Å². The van der Waals surface area contributed by atoms with Crippen molar-refractivity contribution in [3.8, 4) is 39.1 Å². The Bertz CT molecular complexity index is 3480. The molecule has 0 saturated heterocycles. The molecule has 0 bridgehead atoms. The minimum absolute atomic E-state index is 0.883. The molecule has 0 fully saturated rings. The number of rotatable bonds is 8. The van der Waals surface area contributed by atoms with Crippen LogP contribution in [-0.2, 0) is 0 Å². The second-order valence-corrected chi connectivity index (χ2v) is 20.5. The van der Waals surface area contributed by atoms with Gasteiger partial charge in [-0.15, -0.1) is 0 Å². The molecule has 9 aromatic carbocycles. The summed E-state index contributed by atoms with van der Waals surface area (Å²) in [5, 5.41) is 10.4. The van der Waals surface area contributed by atoms with E-state index in [1.54, 1.807) is 0 Å². The molecule has 1 aliphatic carbocycles. The van der Waals surface area contributed by atoms with E-state index in [2.05, 4.69) is 241 Å². The highest BCUT2D eigenvalue weighted by molar-refractivity contribution is 7.16. The molecule has 0 unspecified atom stereocenters. The lowest BCUT2D eigenvalue weighted by Gasteiger charge is -2.36. The zero-order valence-electron chi connectivity index (χ0n) is 34.8. The van der Waals surface area contributed by atoms with Crippen molar-refractivity contribution in [1.82, 2.24) is 4.57 Å². The quantitative estimate of drug-likeness (QED) is 0.110. The summed E-state index contributed by atoms with van der Waals surface area (Å²) in [6.45, 7) is 0. The highest BCUT2D eigenvalue weighted by Crippen LogP contribution is 2.42. The first-order valence-electron chi connectivity index (χ1n) is 22.0. The first-order chi connectivity index (χ1) is 31.3. The summed E-state index contributed by atoms with van der Waals surface area (Å²) >= 11 is 0. The zero-order chi connectivity index (χ0) is 41.7. The summed E-state index contributed by atoms with van der Waals surface area (Å²) in [4.78, 5) is 0. The van der Waals surface area contributed by atoms with Crippen LogP contribution >= 0.6 is 0 Å². The van der Waals surface area contributed by atoms with Crippen LogP contribution in [0.3, 0.4) is 0 Å². The summed E-state index contributed by atoms with van der Waals surface area (Å²) < 4.78 is 9.21. The van der Waals surface area contributed by atoms with Crippen molar-refractivity contribution in [3.63, 3.8) is 0 Å². The SMILES string of the molecule is C1=CC([Si](c2ccccc2)(c2ccccc2)c2cccc(-c3cccc(-c4cccc(-c5cccc6oc7c(-n8c9ccccc9c9ccccc98)cccc7c56)c4)c3)c2)=CCC1. The molecule has 0 amide bonds. The number of fused-ring (bicyclic) bond motifs is 6. The normalized spacial score (nSPS) is 13.0. The van der Waals surface area contributed by atoms with Crippen LogP contribution < -0.4 is 15.6 Å². The van der Waals surface area contributed by atoms with Crippen molar-refractivity contribution in [3.05, 3.63) is 242 Å². The molecule has 2 nitrogen and oxygen atoms in total. The van der Waals surface area contributed by atoms with Crippen molar-refractivity contribution in [2.24, 2.45) is 0 Å². The number of allylic oxidation sites excluding steroid dienone is 4. The van der Waals surface area contributed by atoms with Gasteiger partial charge in [-0.2, -0.15) is 0 Å². The topological polar surface area (TPSA) is 18.1 Å². The lowest BCUT2D eigenvalue weighted by Crippen LogP contribution is -2.68. The average Bonchev–Trinajstić information content (AvgIpc) is 3.92. The molecule has 0 aliphatic heterocycles. The maximum Gasteiger partial charge on any atom is 0.179 e. The summed E-state index contributed by atoms with van der Waals surface area (Å²) in [5.41, 5.74) is 12.3. The summed E-state index contributed by atoms with van der Waals surface area (Å²) in [6, 6.07) is 80.2. The number of aromatic nitrogens is 1. The van der Waals surface area contributed by atoms with Gasteiger partial charge in [-0.3, -0.25) is 0 Å². The van der Waals surface area contributed by atoms with Gasteiger partial charge in [0.2, 0.25) is 0 Å². The summed E-state index contributed by atoms with van der Waals surface area (Å²) in [6.07, 6.45) is 9.43. The van der Waals surface area contributed by atoms with Gasteiger partial charge in [0.15, 0.2) is 13.7 Å². The van der Waals surface area contributed by atoms with Gasteiger partial charge in [0.05, 0.1) is 16.7 Å². The Kier molecular flexibility index (Phi) is 9.02. The van der Waals surface area contributed by atoms with Crippen molar-refractivity contribution >= 4 is 67.4 Å². The predicted molar refractivity (Wildman–Crippen MR) is 268 cm³/mol. The van der Waals surface area contributed by atoms with E-state index >= 15 is 0 Å². The molecule has 2 heterocycles. The monoisotopic (exact) mass is 821 g/mol. The third-order valence-electron chi connectivity index (χ3n) is 13.2. The number of furan rings is 1. The van der Waals surface area contributed by atoms with Gasteiger partial charge in [-0.1, -0.05) is 200 Å². The van der Waals surface area contributed by atoms with E-state index in [0.29, 0.717) is 0 Å². The molecule has 12 rings (SSSR count). The van der Waals surface area contributed by atoms with E-state index in [1.165, 1.54) is 64.8 Å². The molecule has 11 aromatic rings. The van der Waals surface area contributed by atoms with E-state index in [0.717, 1.165) is 51.6 Å². The molecule has 0 atom stereocenters. The van der Waals surface area contributed by atoms with E-state index in [9.17, 15) is 0 Å². The standard InChI is InChI=1S/C60H43NOSi/c1-4-24-47(25-5-1)63(48-26-6-2-7-27-48,49-28-8-3-9-29-49)50-30-16-22-45(41-50)43-20-14-19-42(39-43)44-21-15-23-46(40-44)51-33-18-38-58-59(51)54-34-17-37-57(60(54)62-58)61-55-35-12-10-31-52(55)53-32-11-13-36-56(53)61/h1-2,4-8,10-41H,3,9H2. The van der Waals surface area contributed by atoms with Crippen LogP contribution in [0.5, 0.6) is 0 Å². The number of nitrogens with zero attached hydrogens (tertiary/aromatic N) is 1. The average molecular weight is 822 g/mol. The molecule has 298 valence electrons. The van der Waals surface area contributed by atoms with Crippen LogP contribution in [0.1, 0.15) is 12.8 Å². The molecule has 2 aromatic heterocycles. The van der Waals surface area contributed by atoms with Crippen LogP contribution in [0.15, 0.2) is 246 Å². The highest BCUT2D eigenvalue weighted by Gasteiger charge is 2.42. The van der Waals surface area contributed by atoms with E-state index in [4.69, 9.17) is 4.42 Å².